The van der Waals surface area contributed by atoms with E-state index in [0.29, 0.717) is 10.8 Å². The Kier molecular flexibility index (Phi) is 5.17. The van der Waals surface area contributed by atoms with E-state index < -0.39 is 11.7 Å². The van der Waals surface area contributed by atoms with E-state index in [2.05, 4.69) is 15.9 Å². The second-order valence-corrected chi connectivity index (χ2v) is 5.47. The van der Waals surface area contributed by atoms with Gasteiger partial charge in [-0.15, -0.1) is 0 Å². The van der Waals surface area contributed by atoms with Gasteiger partial charge in [0.1, 0.15) is 18.2 Å². The normalized spacial score (nSPS) is 10.3. The first-order chi connectivity index (χ1) is 10.0. The maximum Gasteiger partial charge on any atom is 0.265 e. The minimum Gasteiger partial charge on any atom is -0.487 e. The van der Waals surface area contributed by atoms with Gasteiger partial charge >= 0.3 is 0 Å². The monoisotopic (exact) mass is 372 g/mol. The molecule has 0 aliphatic heterocycles. The lowest BCUT2D eigenvalue weighted by Gasteiger charge is -2.10. The van der Waals surface area contributed by atoms with Crippen molar-refractivity contribution in [3.8, 4) is 5.75 Å². The molecule has 0 heterocycles. The Morgan fingerprint density at radius 1 is 1.33 bits per heavy atom. The van der Waals surface area contributed by atoms with Crippen LogP contribution in [0.25, 0.3) is 0 Å². The van der Waals surface area contributed by atoms with Crippen molar-refractivity contribution in [1.82, 2.24) is 5.43 Å². The number of amides is 1. The van der Waals surface area contributed by atoms with Gasteiger partial charge in [-0.25, -0.2) is 10.2 Å². The highest BCUT2D eigenvalue weighted by molar-refractivity contribution is 9.10. The molecule has 0 saturated heterocycles. The van der Waals surface area contributed by atoms with Crippen LogP contribution in [0.1, 0.15) is 15.9 Å². The molecule has 0 fully saturated rings. The molecular weight excluding hydrogens is 363 g/mol. The van der Waals surface area contributed by atoms with Gasteiger partial charge in [0.15, 0.2) is 0 Å². The van der Waals surface area contributed by atoms with Crippen LogP contribution in [-0.2, 0) is 6.61 Å². The summed E-state index contributed by atoms with van der Waals surface area (Å²) < 4.78 is 20.0. The molecule has 2 rings (SSSR count). The fourth-order valence-electron chi connectivity index (χ4n) is 1.66. The number of nitrogens with two attached hydrogens (primary N) is 1. The molecule has 3 N–H and O–H groups in total. The van der Waals surface area contributed by atoms with Gasteiger partial charge in [0, 0.05) is 15.6 Å². The number of nitrogens with one attached hydrogen (secondary N) is 1. The van der Waals surface area contributed by atoms with Gasteiger partial charge in [-0.2, -0.15) is 0 Å². The Hall–Kier alpha value is -1.63. The smallest absolute Gasteiger partial charge is 0.265 e. The fraction of sp³-hybridized carbons (Fsp3) is 0.0714. The third-order valence-electron chi connectivity index (χ3n) is 2.72. The second kappa shape index (κ2) is 6.89. The zero-order valence-corrected chi connectivity index (χ0v) is 13.0. The van der Waals surface area contributed by atoms with E-state index in [1.165, 1.54) is 18.2 Å². The zero-order valence-electron chi connectivity index (χ0n) is 10.7. The average Bonchev–Trinajstić information content (AvgIpc) is 2.47. The van der Waals surface area contributed by atoms with Crippen molar-refractivity contribution < 1.29 is 13.9 Å². The molecule has 0 radical (unpaired) electrons. The van der Waals surface area contributed by atoms with E-state index in [1.54, 1.807) is 18.2 Å². The van der Waals surface area contributed by atoms with Crippen molar-refractivity contribution in [2.24, 2.45) is 5.84 Å². The molecule has 1 amide bonds. The molecule has 0 saturated carbocycles. The summed E-state index contributed by atoms with van der Waals surface area (Å²) in [5.41, 5.74) is 2.47. The largest absolute Gasteiger partial charge is 0.487 e. The van der Waals surface area contributed by atoms with Crippen LogP contribution in [0.2, 0.25) is 5.02 Å². The lowest BCUT2D eigenvalue weighted by molar-refractivity contribution is 0.0953. The van der Waals surface area contributed by atoms with Crippen LogP contribution in [-0.4, -0.2) is 5.91 Å². The topological polar surface area (TPSA) is 64.3 Å². The molecule has 7 heteroatoms. The van der Waals surface area contributed by atoms with E-state index in [4.69, 9.17) is 22.2 Å². The van der Waals surface area contributed by atoms with Crippen LogP contribution in [0.4, 0.5) is 4.39 Å². The summed E-state index contributed by atoms with van der Waals surface area (Å²) in [6, 6.07) is 9.01. The summed E-state index contributed by atoms with van der Waals surface area (Å²) in [5.74, 6) is 4.49. The van der Waals surface area contributed by atoms with Crippen LogP contribution in [0.15, 0.2) is 40.9 Å². The van der Waals surface area contributed by atoms with E-state index in [-0.39, 0.29) is 17.7 Å². The van der Waals surface area contributed by atoms with Gasteiger partial charge in [0.2, 0.25) is 0 Å². The lowest BCUT2D eigenvalue weighted by Crippen LogP contribution is -2.30. The number of hydrogen-bond donors (Lipinski definition) is 2. The molecule has 0 unspecified atom stereocenters. The van der Waals surface area contributed by atoms with Crippen molar-refractivity contribution in [1.29, 1.82) is 0 Å². The number of halogens is 3. The molecule has 0 aliphatic carbocycles. The maximum absolute atomic E-state index is 13.7. The predicted octanol–water partition coefficient (Wildman–Crippen LogP) is 3.42. The number of hydrazine groups is 1. The van der Waals surface area contributed by atoms with Crippen molar-refractivity contribution in [2.45, 2.75) is 6.61 Å². The molecule has 2 aromatic rings. The molecule has 0 aliphatic rings. The Balaban J connectivity index is 2.17. The highest BCUT2D eigenvalue weighted by Crippen LogP contribution is 2.28. The quantitative estimate of drug-likeness (QED) is 0.490. The Labute approximate surface area is 134 Å². The fourth-order valence-corrected chi connectivity index (χ4v) is 2.39. The van der Waals surface area contributed by atoms with Gasteiger partial charge in [-0.1, -0.05) is 27.5 Å². The molecule has 110 valence electrons. The van der Waals surface area contributed by atoms with E-state index in [1.807, 2.05) is 5.43 Å². The van der Waals surface area contributed by atoms with Gasteiger partial charge in [0.05, 0.1) is 5.02 Å². The summed E-state index contributed by atoms with van der Waals surface area (Å²) >= 11 is 9.29. The minimum atomic E-state index is -0.502. The van der Waals surface area contributed by atoms with Gasteiger partial charge in [-0.05, 0) is 36.4 Å². The molecule has 4 nitrogen and oxygen atoms in total. The Bertz CT molecular complexity index is 682. The summed E-state index contributed by atoms with van der Waals surface area (Å²) in [6.07, 6.45) is 0. The number of benzene rings is 2. The van der Waals surface area contributed by atoms with Crippen LogP contribution in [0.5, 0.6) is 5.75 Å². The first-order valence-electron chi connectivity index (χ1n) is 5.88. The first kappa shape index (κ1) is 15.8. The summed E-state index contributed by atoms with van der Waals surface area (Å²) in [6.45, 7) is -0.0567. The molecule has 0 bridgehead atoms. The predicted molar refractivity (Wildman–Crippen MR) is 81.5 cm³/mol. The van der Waals surface area contributed by atoms with Gasteiger partial charge < -0.3 is 4.74 Å². The highest BCUT2D eigenvalue weighted by atomic mass is 79.9. The Morgan fingerprint density at radius 3 is 2.76 bits per heavy atom. The van der Waals surface area contributed by atoms with Crippen LogP contribution in [0, 0.1) is 5.82 Å². The standard InChI is InChI=1S/C14H11BrClFN2O2/c15-10-2-4-13(11(16)6-10)21-7-9-5-8(14(20)19-18)1-3-12(9)17/h1-6H,7,18H2,(H,19,20). The molecule has 0 spiro atoms. The zero-order chi connectivity index (χ0) is 15.4. The number of carbonyl (C=O) groups is 1. The van der Waals surface area contributed by atoms with Crippen molar-refractivity contribution in [3.05, 3.63) is 62.8 Å². The molecule has 0 atom stereocenters. The summed E-state index contributed by atoms with van der Waals surface area (Å²) in [7, 11) is 0. The van der Waals surface area contributed by atoms with Crippen LogP contribution < -0.4 is 16.0 Å². The van der Waals surface area contributed by atoms with Crippen molar-refractivity contribution >= 4 is 33.4 Å². The summed E-state index contributed by atoms with van der Waals surface area (Å²) in [4.78, 5) is 11.4. The van der Waals surface area contributed by atoms with Gasteiger partial charge in [0.25, 0.3) is 5.91 Å². The molecular formula is C14H11BrClFN2O2. The number of ether oxygens (including phenoxy) is 1. The highest BCUT2D eigenvalue weighted by Gasteiger charge is 2.10. The van der Waals surface area contributed by atoms with E-state index in [9.17, 15) is 9.18 Å². The molecule has 2 aromatic carbocycles. The van der Waals surface area contributed by atoms with Crippen LogP contribution in [0.3, 0.4) is 0 Å². The van der Waals surface area contributed by atoms with Crippen LogP contribution >= 0.6 is 27.5 Å². The van der Waals surface area contributed by atoms with Crippen molar-refractivity contribution in [3.63, 3.8) is 0 Å². The SMILES string of the molecule is NNC(=O)c1ccc(F)c(COc2ccc(Br)cc2Cl)c1. The first-order valence-corrected chi connectivity index (χ1v) is 7.05. The summed E-state index contributed by atoms with van der Waals surface area (Å²) in [5, 5.41) is 0.403. The third-order valence-corrected chi connectivity index (χ3v) is 3.50. The number of nitrogen functional groups attached to an aromatic ring is 1. The van der Waals surface area contributed by atoms with E-state index >= 15 is 0 Å². The average molecular weight is 374 g/mol. The second-order valence-electron chi connectivity index (χ2n) is 4.14. The van der Waals surface area contributed by atoms with E-state index in [0.717, 1.165) is 4.47 Å². The lowest BCUT2D eigenvalue weighted by atomic mass is 10.1. The van der Waals surface area contributed by atoms with Crippen molar-refractivity contribution in [2.75, 3.05) is 0 Å². The molecule has 21 heavy (non-hydrogen) atoms. The van der Waals surface area contributed by atoms with Gasteiger partial charge in [-0.3, -0.25) is 10.2 Å². The third kappa shape index (κ3) is 3.93. The number of rotatable bonds is 4. The number of carbonyl (C=O) groups excluding carboxylic acids is 1. The minimum absolute atomic E-state index is 0.0567. The molecule has 0 aromatic heterocycles. The Morgan fingerprint density at radius 2 is 2.10 bits per heavy atom. The maximum atomic E-state index is 13.7. The number of hydrogen-bond acceptors (Lipinski definition) is 3.